The van der Waals surface area contributed by atoms with Crippen molar-refractivity contribution >= 4 is 17.5 Å². The van der Waals surface area contributed by atoms with Crippen LogP contribution < -0.4 is 10.6 Å². The monoisotopic (exact) mass is 575 g/mol. The summed E-state index contributed by atoms with van der Waals surface area (Å²) in [6, 6.07) is 2.44. The average Bonchev–Trinajstić information content (AvgIpc) is 3.55. The standard InChI is InChI=1S/C28H33F4N7O2/c29-27(30)7-4-18(5-8-27)25(37-26(41)20-6-9-33-38-20)21-15-39-22(35-21)11-19(14-34-39)24(17-2-1-3-17)36-23(40)10-16-12-28(31,32)13-16/h6,9,11,14-18,24-25H,1-5,7-8,10,12-13H2,(H,33,38)(H,36,40)(H,37,41)/t24?,25-/m0/s1. The highest BCUT2D eigenvalue weighted by Crippen LogP contribution is 2.45. The first-order valence-electron chi connectivity index (χ1n) is 14.3. The van der Waals surface area contributed by atoms with Gasteiger partial charge in [0, 0.05) is 38.3 Å². The Labute approximate surface area is 233 Å². The Balaban J connectivity index is 1.23. The molecule has 0 aliphatic heterocycles. The molecule has 0 bridgehead atoms. The highest BCUT2D eigenvalue weighted by Gasteiger charge is 2.46. The van der Waals surface area contributed by atoms with E-state index in [0.717, 1.165) is 24.8 Å². The first kappa shape index (κ1) is 27.6. The van der Waals surface area contributed by atoms with Gasteiger partial charge in [-0.2, -0.15) is 10.2 Å². The quantitative estimate of drug-likeness (QED) is 0.306. The molecule has 220 valence electrons. The number of nitrogens with one attached hydrogen (secondary N) is 3. The predicted molar refractivity (Wildman–Crippen MR) is 139 cm³/mol. The molecule has 3 heterocycles. The highest BCUT2D eigenvalue weighted by atomic mass is 19.3. The number of fused-ring (bicyclic) bond motifs is 1. The van der Waals surface area contributed by atoms with E-state index in [0.29, 0.717) is 11.3 Å². The van der Waals surface area contributed by atoms with Gasteiger partial charge in [-0.15, -0.1) is 0 Å². The number of carbonyl (C=O) groups excluding carboxylic acids is 2. The number of aromatic nitrogens is 5. The summed E-state index contributed by atoms with van der Waals surface area (Å²) in [5, 5.41) is 17.0. The van der Waals surface area contributed by atoms with Gasteiger partial charge in [-0.25, -0.2) is 27.1 Å². The van der Waals surface area contributed by atoms with Crippen LogP contribution in [0.15, 0.2) is 30.7 Å². The molecule has 3 fully saturated rings. The van der Waals surface area contributed by atoms with Crippen LogP contribution in [0.25, 0.3) is 5.65 Å². The summed E-state index contributed by atoms with van der Waals surface area (Å²) in [7, 11) is 0. The number of alkyl halides is 4. The third kappa shape index (κ3) is 6.08. The van der Waals surface area contributed by atoms with Crippen LogP contribution in [0.5, 0.6) is 0 Å². The highest BCUT2D eigenvalue weighted by molar-refractivity contribution is 5.92. The lowest BCUT2D eigenvalue weighted by molar-refractivity contribution is -0.134. The minimum atomic E-state index is -2.72. The summed E-state index contributed by atoms with van der Waals surface area (Å²) in [5.74, 6) is -6.38. The zero-order valence-electron chi connectivity index (χ0n) is 22.5. The van der Waals surface area contributed by atoms with E-state index in [-0.39, 0.29) is 80.3 Å². The van der Waals surface area contributed by atoms with Crippen LogP contribution in [0, 0.1) is 17.8 Å². The maximum absolute atomic E-state index is 13.9. The number of imidazole rings is 1. The largest absolute Gasteiger partial charge is 0.349 e. The first-order valence-corrected chi connectivity index (χ1v) is 14.3. The fourth-order valence-corrected chi connectivity index (χ4v) is 6.33. The summed E-state index contributed by atoms with van der Waals surface area (Å²) in [6.45, 7) is 0. The van der Waals surface area contributed by atoms with Crippen LogP contribution in [-0.4, -0.2) is 48.5 Å². The molecule has 3 N–H and O–H groups in total. The molecular formula is C28H33F4N7O2. The van der Waals surface area contributed by atoms with Gasteiger partial charge < -0.3 is 10.6 Å². The average molecular weight is 576 g/mol. The summed E-state index contributed by atoms with van der Waals surface area (Å²) < 4.78 is 56.0. The lowest BCUT2D eigenvalue weighted by atomic mass is 9.76. The number of nitrogens with zero attached hydrogens (tertiary/aromatic N) is 4. The SMILES string of the molecule is O=C(CC1CC(F)(F)C1)NC(c1cnn2cc([C@@H](NC(=O)c3ccn[nH]3)C3CCC(F)(F)CC3)nc2c1)C1CCC1. The number of rotatable bonds is 9. The maximum Gasteiger partial charge on any atom is 0.269 e. The third-order valence-corrected chi connectivity index (χ3v) is 8.89. The number of hydrogen-bond acceptors (Lipinski definition) is 5. The number of amides is 2. The second-order valence-corrected chi connectivity index (χ2v) is 11.9. The minimum Gasteiger partial charge on any atom is -0.349 e. The molecule has 2 amide bonds. The zero-order valence-corrected chi connectivity index (χ0v) is 22.5. The van der Waals surface area contributed by atoms with Crippen molar-refractivity contribution in [3.8, 4) is 0 Å². The molecule has 0 saturated heterocycles. The van der Waals surface area contributed by atoms with Gasteiger partial charge >= 0.3 is 0 Å². The van der Waals surface area contributed by atoms with Crippen LogP contribution in [0.3, 0.4) is 0 Å². The summed E-state index contributed by atoms with van der Waals surface area (Å²) >= 11 is 0. The molecule has 3 saturated carbocycles. The third-order valence-electron chi connectivity index (χ3n) is 8.89. The fraction of sp³-hybridized carbons (Fsp3) is 0.607. The van der Waals surface area contributed by atoms with E-state index in [1.54, 1.807) is 16.9 Å². The number of carbonyl (C=O) groups is 2. The molecule has 3 aromatic rings. The molecular weight excluding hydrogens is 542 g/mol. The van der Waals surface area contributed by atoms with Gasteiger partial charge in [-0.3, -0.25) is 14.7 Å². The molecule has 1 unspecified atom stereocenters. The molecule has 2 atom stereocenters. The van der Waals surface area contributed by atoms with Crippen LogP contribution >= 0.6 is 0 Å². The second kappa shape index (κ2) is 10.7. The van der Waals surface area contributed by atoms with E-state index in [1.165, 1.54) is 12.3 Å². The van der Waals surface area contributed by atoms with E-state index in [9.17, 15) is 27.2 Å². The van der Waals surface area contributed by atoms with Crippen molar-refractivity contribution in [2.75, 3.05) is 0 Å². The van der Waals surface area contributed by atoms with E-state index in [1.807, 2.05) is 6.07 Å². The van der Waals surface area contributed by atoms with E-state index in [2.05, 4.69) is 25.9 Å². The Morgan fingerprint density at radius 2 is 1.76 bits per heavy atom. The van der Waals surface area contributed by atoms with Crippen molar-refractivity contribution in [3.63, 3.8) is 0 Å². The maximum atomic E-state index is 13.9. The summed E-state index contributed by atoms with van der Waals surface area (Å²) in [5.41, 5.74) is 2.02. The molecule has 41 heavy (non-hydrogen) atoms. The van der Waals surface area contributed by atoms with Crippen molar-refractivity contribution < 1.29 is 27.2 Å². The lowest BCUT2D eigenvalue weighted by Gasteiger charge is -2.37. The topological polar surface area (TPSA) is 117 Å². The van der Waals surface area contributed by atoms with Crippen LogP contribution in [0.2, 0.25) is 0 Å². The summed E-state index contributed by atoms with van der Waals surface area (Å²) in [6.07, 6.45) is 7.24. The lowest BCUT2D eigenvalue weighted by Crippen LogP contribution is -2.41. The molecule has 0 spiro atoms. The fourth-order valence-electron chi connectivity index (χ4n) is 6.33. The van der Waals surface area contributed by atoms with Crippen molar-refractivity contribution in [2.45, 2.75) is 88.1 Å². The molecule has 0 radical (unpaired) electrons. The molecule has 3 aromatic heterocycles. The molecule has 13 heteroatoms. The van der Waals surface area contributed by atoms with Gasteiger partial charge in [0.05, 0.1) is 30.2 Å². The van der Waals surface area contributed by atoms with Gasteiger partial charge in [0.25, 0.3) is 5.91 Å². The van der Waals surface area contributed by atoms with Crippen molar-refractivity contribution in [1.82, 2.24) is 35.4 Å². The van der Waals surface area contributed by atoms with Crippen molar-refractivity contribution in [1.29, 1.82) is 0 Å². The van der Waals surface area contributed by atoms with E-state index >= 15 is 0 Å². The number of hydrogen-bond donors (Lipinski definition) is 3. The number of aromatic amines is 1. The number of halogens is 4. The Morgan fingerprint density at radius 1 is 1.02 bits per heavy atom. The Hall–Kier alpha value is -3.51. The van der Waals surface area contributed by atoms with Gasteiger partial charge in [0.1, 0.15) is 5.69 Å². The van der Waals surface area contributed by atoms with Gasteiger partial charge in [-0.1, -0.05) is 6.42 Å². The summed E-state index contributed by atoms with van der Waals surface area (Å²) in [4.78, 5) is 30.4. The van der Waals surface area contributed by atoms with Crippen LogP contribution in [-0.2, 0) is 4.79 Å². The molecule has 6 rings (SSSR count). The van der Waals surface area contributed by atoms with E-state index in [4.69, 9.17) is 4.98 Å². The normalized spacial score (nSPS) is 22.4. The molecule has 3 aliphatic rings. The Morgan fingerprint density at radius 3 is 2.39 bits per heavy atom. The molecule has 3 aliphatic carbocycles. The number of H-pyrrole nitrogens is 1. The second-order valence-electron chi connectivity index (χ2n) is 11.9. The zero-order chi connectivity index (χ0) is 28.8. The van der Waals surface area contributed by atoms with Gasteiger partial charge in [0.15, 0.2) is 5.65 Å². The first-order chi connectivity index (χ1) is 19.6. The van der Waals surface area contributed by atoms with Crippen LogP contribution in [0.4, 0.5) is 17.6 Å². The van der Waals surface area contributed by atoms with E-state index < -0.39 is 23.8 Å². The van der Waals surface area contributed by atoms with Crippen LogP contribution in [0.1, 0.15) is 98.0 Å². The van der Waals surface area contributed by atoms with Crippen molar-refractivity contribution in [2.24, 2.45) is 17.8 Å². The van der Waals surface area contributed by atoms with Crippen molar-refractivity contribution in [3.05, 3.63) is 47.7 Å². The minimum absolute atomic E-state index is 0.0696. The predicted octanol–water partition coefficient (Wildman–Crippen LogP) is 5.14. The Bertz CT molecular complexity index is 1390. The molecule has 0 aromatic carbocycles. The van der Waals surface area contributed by atoms with Gasteiger partial charge in [-0.05, 0) is 61.1 Å². The van der Waals surface area contributed by atoms with Gasteiger partial charge in [0.2, 0.25) is 17.8 Å². The Kier molecular flexibility index (Phi) is 7.23. The molecule has 9 nitrogen and oxygen atoms in total. The smallest absolute Gasteiger partial charge is 0.269 e.